The lowest BCUT2D eigenvalue weighted by Crippen LogP contribution is -2.31. The van der Waals surface area contributed by atoms with Gasteiger partial charge in [-0.15, -0.1) is 0 Å². The SMILES string of the molecule is COC(=O)C[C@H](NC(=O)c1nn(-c2ccccc2)c2c1CCC2)c1ccccc1. The summed E-state index contributed by atoms with van der Waals surface area (Å²) in [5, 5.41) is 7.63. The van der Waals surface area contributed by atoms with Crippen molar-refractivity contribution in [3.63, 3.8) is 0 Å². The first kappa shape index (κ1) is 18.9. The van der Waals surface area contributed by atoms with Crippen molar-refractivity contribution in [1.82, 2.24) is 15.1 Å². The van der Waals surface area contributed by atoms with Crippen molar-refractivity contribution in [2.45, 2.75) is 31.7 Å². The normalized spacial score (nSPS) is 13.6. The Morgan fingerprint density at radius 2 is 1.76 bits per heavy atom. The number of nitrogens with one attached hydrogen (secondary N) is 1. The topological polar surface area (TPSA) is 73.2 Å². The zero-order chi connectivity index (χ0) is 20.2. The zero-order valence-corrected chi connectivity index (χ0v) is 16.3. The Kier molecular flexibility index (Phi) is 5.42. The lowest BCUT2D eigenvalue weighted by Gasteiger charge is -2.18. The molecule has 3 aromatic rings. The summed E-state index contributed by atoms with van der Waals surface area (Å²) in [6, 6.07) is 18.8. The maximum Gasteiger partial charge on any atom is 0.307 e. The Hall–Kier alpha value is -3.41. The minimum absolute atomic E-state index is 0.0633. The second kappa shape index (κ2) is 8.31. The van der Waals surface area contributed by atoms with E-state index in [1.54, 1.807) is 0 Å². The zero-order valence-electron chi connectivity index (χ0n) is 16.3. The largest absolute Gasteiger partial charge is 0.469 e. The number of carbonyl (C=O) groups excluding carboxylic acids is 2. The molecule has 1 aliphatic rings. The molecule has 0 saturated heterocycles. The maximum atomic E-state index is 13.2. The summed E-state index contributed by atoms with van der Waals surface area (Å²) in [7, 11) is 1.35. The number of esters is 1. The average molecular weight is 389 g/mol. The molecular formula is C23H23N3O3. The molecule has 29 heavy (non-hydrogen) atoms. The highest BCUT2D eigenvalue weighted by Crippen LogP contribution is 2.28. The number of carbonyl (C=O) groups is 2. The van der Waals surface area contributed by atoms with Gasteiger partial charge in [0.25, 0.3) is 5.91 Å². The van der Waals surface area contributed by atoms with Crippen LogP contribution in [0.25, 0.3) is 5.69 Å². The molecule has 0 saturated carbocycles. The van der Waals surface area contributed by atoms with E-state index >= 15 is 0 Å². The van der Waals surface area contributed by atoms with Gasteiger partial charge in [0, 0.05) is 11.3 Å². The Morgan fingerprint density at radius 1 is 1.07 bits per heavy atom. The van der Waals surface area contributed by atoms with Crippen LogP contribution in [-0.4, -0.2) is 28.8 Å². The average Bonchev–Trinajstić information content (AvgIpc) is 3.37. The highest BCUT2D eigenvalue weighted by molar-refractivity contribution is 5.95. The first-order valence-electron chi connectivity index (χ1n) is 9.76. The van der Waals surface area contributed by atoms with Crippen molar-refractivity contribution < 1.29 is 14.3 Å². The molecule has 1 N–H and O–H groups in total. The number of fused-ring (bicyclic) bond motifs is 1. The molecule has 1 aromatic heterocycles. The van der Waals surface area contributed by atoms with Gasteiger partial charge in [-0.2, -0.15) is 5.10 Å². The smallest absolute Gasteiger partial charge is 0.307 e. The lowest BCUT2D eigenvalue weighted by molar-refractivity contribution is -0.141. The molecule has 2 aromatic carbocycles. The summed E-state index contributed by atoms with van der Waals surface area (Å²) >= 11 is 0. The second-order valence-electron chi connectivity index (χ2n) is 7.09. The molecule has 148 valence electrons. The van der Waals surface area contributed by atoms with E-state index in [-0.39, 0.29) is 18.3 Å². The molecule has 4 rings (SSSR count). The van der Waals surface area contributed by atoms with Crippen molar-refractivity contribution in [1.29, 1.82) is 0 Å². The molecule has 0 spiro atoms. The van der Waals surface area contributed by atoms with Gasteiger partial charge >= 0.3 is 5.97 Å². The van der Waals surface area contributed by atoms with E-state index in [4.69, 9.17) is 4.74 Å². The number of methoxy groups -OCH3 is 1. The number of aromatic nitrogens is 2. The summed E-state index contributed by atoms with van der Waals surface area (Å²) in [6.45, 7) is 0. The number of para-hydroxylation sites is 1. The minimum atomic E-state index is -0.477. The predicted molar refractivity (Wildman–Crippen MR) is 109 cm³/mol. The Balaban J connectivity index is 1.64. The highest BCUT2D eigenvalue weighted by atomic mass is 16.5. The number of benzene rings is 2. The number of rotatable bonds is 6. The van der Waals surface area contributed by atoms with Gasteiger partial charge in [0.2, 0.25) is 0 Å². The van der Waals surface area contributed by atoms with Crippen molar-refractivity contribution in [2.24, 2.45) is 0 Å². The molecular weight excluding hydrogens is 366 g/mol. The quantitative estimate of drug-likeness (QED) is 0.656. The standard InChI is InChI=1S/C23H23N3O3/c1-29-21(27)15-19(16-9-4-2-5-10-16)24-23(28)22-18-13-8-14-20(18)26(25-22)17-11-6-3-7-12-17/h2-7,9-12,19H,8,13-15H2,1H3,(H,24,28)/t19-/m0/s1. The monoisotopic (exact) mass is 389 g/mol. The molecule has 1 atom stereocenters. The number of hydrogen-bond donors (Lipinski definition) is 1. The van der Waals surface area contributed by atoms with Gasteiger partial charge in [0.15, 0.2) is 5.69 Å². The molecule has 0 fully saturated rings. The Labute approximate surface area is 169 Å². The van der Waals surface area contributed by atoms with E-state index in [1.807, 2.05) is 65.3 Å². The third kappa shape index (κ3) is 3.92. The van der Waals surface area contributed by atoms with Crippen molar-refractivity contribution in [2.75, 3.05) is 7.11 Å². The van der Waals surface area contributed by atoms with Crippen molar-refractivity contribution >= 4 is 11.9 Å². The van der Waals surface area contributed by atoms with E-state index in [0.717, 1.165) is 41.8 Å². The molecule has 6 heteroatoms. The van der Waals surface area contributed by atoms with Crippen LogP contribution in [0.3, 0.4) is 0 Å². The van der Waals surface area contributed by atoms with E-state index in [1.165, 1.54) is 7.11 Å². The van der Waals surface area contributed by atoms with E-state index in [0.29, 0.717) is 5.69 Å². The van der Waals surface area contributed by atoms with Gasteiger partial charge in [-0.25, -0.2) is 4.68 Å². The van der Waals surface area contributed by atoms with Gasteiger partial charge in [0.1, 0.15) is 0 Å². The fourth-order valence-corrected chi connectivity index (χ4v) is 3.82. The van der Waals surface area contributed by atoms with Crippen LogP contribution < -0.4 is 5.32 Å². The third-order valence-electron chi connectivity index (χ3n) is 5.25. The van der Waals surface area contributed by atoms with Crippen LogP contribution in [0, 0.1) is 0 Å². The molecule has 0 unspecified atom stereocenters. The van der Waals surface area contributed by atoms with Crippen LogP contribution >= 0.6 is 0 Å². The third-order valence-corrected chi connectivity index (χ3v) is 5.25. The summed E-state index contributed by atoms with van der Waals surface area (Å²) in [6.07, 6.45) is 2.80. The molecule has 1 heterocycles. The number of amides is 1. The molecule has 0 aliphatic heterocycles. The first-order chi connectivity index (χ1) is 14.2. The van der Waals surface area contributed by atoms with Gasteiger partial charge in [0.05, 0.1) is 25.3 Å². The molecule has 1 amide bonds. The van der Waals surface area contributed by atoms with Gasteiger partial charge in [-0.1, -0.05) is 48.5 Å². The Bertz CT molecular complexity index is 1010. The summed E-state index contributed by atoms with van der Waals surface area (Å²) in [4.78, 5) is 25.1. The van der Waals surface area contributed by atoms with Crippen LogP contribution in [0.15, 0.2) is 60.7 Å². The van der Waals surface area contributed by atoms with Crippen LogP contribution in [0.4, 0.5) is 0 Å². The molecule has 0 bridgehead atoms. The van der Waals surface area contributed by atoms with Crippen LogP contribution in [0.1, 0.15) is 46.2 Å². The summed E-state index contributed by atoms with van der Waals surface area (Å²) < 4.78 is 6.69. The lowest BCUT2D eigenvalue weighted by atomic mass is 10.0. The van der Waals surface area contributed by atoms with E-state index < -0.39 is 6.04 Å². The molecule has 1 aliphatic carbocycles. The second-order valence-corrected chi connectivity index (χ2v) is 7.09. The number of nitrogens with zero attached hydrogens (tertiary/aromatic N) is 2. The summed E-state index contributed by atoms with van der Waals surface area (Å²) in [5.74, 6) is -0.644. The van der Waals surface area contributed by atoms with Crippen LogP contribution in [0.2, 0.25) is 0 Å². The Morgan fingerprint density at radius 3 is 2.45 bits per heavy atom. The van der Waals surface area contributed by atoms with Crippen LogP contribution in [-0.2, 0) is 22.4 Å². The highest BCUT2D eigenvalue weighted by Gasteiger charge is 2.29. The maximum absolute atomic E-state index is 13.2. The molecule has 0 radical (unpaired) electrons. The fraction of sp³-hybridized carbons (Fsp3) is 0.261. The van der Waals surface area contributed by atoms with E-state index in [2.05, 4.69) is 10.4 Å². The minimum Gasteiger partial charge on any atom is -0.469 e. The molecule has 6 nitrogen and oxygen atoms in total. The van der Waals surface area contributed by atoms with Gasteiger partial charge in [-0.05, 0) is 37.0 Å². The number of ether oxygens (including phenoxy) is 1. The van der Waals surface area contributed by atoms with Gasteiger partial charge < -0.3 is 10.1 Å². The van der Waals surface area contributed by atoms with Crippen LogP contribution in [0.5, 0.6) is 0 Å². The van der Waals surface area contributed by atoms with E-state index in [9.17, 15) is 9.59 Å². The van der Waals surface area contributed by atoms with Crippen molar-refractivity contribution in [3.8, 4) is 5.69 Å². The van der Waals surface area contributed by atoms with Gasteiger partial charge in [-0.3, -0.25) is 9.59 Å². The first-order valence-corrected chi connectivity index (χ1v) is 9.76. The fourth-order valence-electron chi connectivity index (χ4n) is 3.82. The number of hydrogen-bond acceptors (Lipinski definition) is 4. The van der Waals surface area contributed by atoms with Crippen molar-refractivity contribution in [3.05, 3.63) is 83.2 Å². The summed E-state index contributed by atoms with van der Waals surface area (Å²) in [5.41, 5.74) is 4.32. The predicted octanol–water partition coefficient (Wildman–Crippen LogP) is 3.40.